The summed E-state index contributed by atoms with van der Waals surface area (Å²) in [5.41, 5.74) is 3.81. The monoisotopic (exact) mass is 346 g/mol. The van der Waals surface area contributed by atoms with Crippen molar-refractivity contribution in [2.75, 3.05) is 13.6 Å². The quantitative estimate of drug-likeness (QED) is 0.778. The van der Waals surface area contributed by atoms with Crippen LogP contribution in [-0.2, 0) is 12.8 Å². The van der Waals surface area contributed by atoms with Gasteiger partial charge in [-0.15, -0.1) is 12.4 Å². The zero-order valence-electron chi connectivity index (χ0n) is 13.7. The van der Waals surface area contributed by atoms with E-state index in [2.05, 4.69) is 10.6 Å². The molecule has 0 fully saturated rings. The van der Waals surface area contributed by atoms with Crippen molar-refractivity contribution in [1.29, 1.82) is 0 Å². The highest BCUT2D eigenvalue weighted by Gasteiger charge is 2.32. The number of aliphatic hydroxyl groups excluding tert-OH is 1. The number of fused-ring (bicyclic) bond motifs is 1. The van der Waals surface area contributed by atoms with Gasteiger partial charge < -0.3 is 15.7 Å². The van der Waals surface area contributed by atoms with Crippen molar-refractivity contribution in [3.8, 4) is 0 Å². The van der Waals surface area contributed by atoms with Crippen LogP contribution in [0.4, 0.5) is 0 Å². The maximum absolute atomic E-state index is 12.7. The summed E-state index contributed by atoms with van der Waals surface area (Å²) in [7, 11) is 1.90. The molecule has 128 valence electrons. The number of halogens is 1. The Morgan fingerprint density at radius 1 is 1.17 bits per heavy atom. The highest BCUT2D eigenvalue weighted by molar-refractivity contribution is 5.96. The van der Waals surface area contributed by atoms with Crippen molar-refractivity contribution >= 4 is 18.3 Å². The summed E-state index contributed by atoms with van der Waals surface area (Å²) in [5, 5.41) is 16.4. The van der Waals surface area contributed by atoms with Crippen LogP contribution in [0.1, 0.15) is 33.1 Å². The van der Waals surface area contributed by atoms with Crippen molar-refractivity contribution in [3.05, 3.63) is 70.8 Å². The van der Waals surface area contributed by atoms with Crippen LogP contribution < -0.4 is 10.6 Å². The molecular weight excluding hydrogens is 324 g/mol. The molecule has 2 aromatic carbocycles. The van der Waals surface area contributed by atoms with Gasteiger partial charge in [0.05, 0.1) is 12.1 Å². The molecule has 1 amide bonds. The molecule has 0 spiro atoms. The summed E-state index contributed by atoms with van der Waals surface area (Å²) in [5.74, 6) is -0.127. The van der Waals surface area contributed by atoms with Gasteiger partial charge in [-0.1, -0.05) is 42.5 Å². The first kappa shape index (κ1) is 18.5. The second-order valence-electron chi connectivity index (χ2n) is 5.93. The lowest BCUT2D eigenvalue weighted by Crippen LogP contribution is -2.34. The number of nitrogens with one attached hydrogen (secondary N) is 2. The molecule has 0 heterocycles. The molecule has 5 heteroatoms. The van der Waals surface area contributed by atoms with Crippen molar-refractivity contribution in [3.63, 3.8) is 0 Å². The van der Waals surface area contributed by atoms with Crippen LogP contribution in [0.15, 0.2) is 48.5 Å². The molecule has 2 aromatic rings. The van der Waals surface area contributed by atoms with E-state index >= 15 is 0 Å². The second-order valence-corrected chi connectivity index (χ2v) is 5.93. The van der Waals surface area contributed by atoms with Crippen LogP contribution in [0, 0.1) is 0 Å². The van der Waals surface area contributed by atoms with E-state index in [9.17, 15) is 9.90 Å². The Morgan fingerprint density at radius 2 is 1.88 bits per heavy atom. The molecule has 0 unspecified atom stereocenters. The Labute approximate surface area is 148 Å². The van der Waals surface area contributed by atoms with E-state index < -0.39 is 6.10 Å². The fourth-order valence-electron chi connectivity index (χ4n) is 3.19. The van der Waals surface area contributed by atoms with Crippen molar-refractivity contribution in [1.82, 2.24) is 10.6 Å². The second kappa shape index (κ2) is 8.29. The third-order valence-electron chi connectivity index (χ3n) is 4.40. The molecule has 4 nitrogen and oxygen atoms in total. The Kier molecular flexibility index (Phi) is 6.37. The highest BCUT2D eigenvalue weighted by Crippen LogP contribution is 2.31. The number of hydrogen-bond acceptors (Lipinski definition) is 3. The average molecular weight is 347 g/mol. The number of rotatable bonds is 5. The Bertz CT molecular complexity index is 705. The molecule has 0 aromatic heterocycles. The molecular formula is C19H23ClN2O2. The van der Waals surface area contributed by atoms with Gasteiger partial charge in [-0.2, -0.15) is 0 Å². The molecule has 0 saturated heterocycles. The molecule has 3 rings (SSSR count). The summed E-state index contributed by atoms with van der Waals surface area (Å²) in [6.45, 7) is 0.819. The molecule has 0 aliphatic heterocycles. The Balaban J connectivity index is 0.00000208. The summed E-state index contributed by atoms with van der Waals surface area (Å²) >= 11 is 0. The molecule has 2 atom stereocenters. The largest absolute Gasteiger partial charge is 0.390 e. The normalized spacial score (nSPS) is 18.6. The van der Waals surface area contributed by atoms with Crippen LogP contribution in [0.5, 0.6) is 0 Å². The van der Waals surface area contributed by atoms with E-state index in [0.717, 1.165) is 29.7 Å². The number of hydrogen-bond donors (Lipinski definition) is 3. The number of amides is 1. The van der Waals surface area contributed by atoms with Crippen LogP contribution in [0.25, 0.3) is 0 Å². The average Bonchev–Trinajstić information content (AvgIpc) is 2.89. The predicted octanol–water partition coefficient (Wildman–Crippen LogP) is 2.26. The van der Waals surface area contributed by atoms with E-state index in [1.807, 2.05) is 55.6 Å². The van der Waals surface area contributed by atoms with Crippen molar-refractivity contribution in [2.24, 2.45) is 0 Å². The third kappa shape index (κ3) is 3.78. The molecule has 1 aliphatic rings. The van der Waals surface area contributed by atoms with Gasteiger partial charge >= 0.3 is 0 Å². The minimum Gasteiger partial charge on any atom is -0.390 e. The third-order valence-corrected chi connectivity index (χ3v) is 4.40. The first-order valence-corrected chi connectivity index (χ1v) is 8.00. The number of carbonyl (C=O) groups excluding carboxylic acids is 1. The van der Waals surface area contributed by atoms with Gasteiger partial charge in [-0.3, -0.25) is 4.79 Å². The van der Waals surface area contributed by atoms with Crippen molar-refractivity contribution in [2.45, 2.75) is 25.0 Å². The van der Waals surface area contributed by atoms with Gasteiger partial charge in [-0.25, -0.2) is 0 Å². The lowest BCUT2D eigenvalue weighted by Gasteiger charge is -2.19. The van der Waals surface area contributed by atoms with Gasteiger partial charge in [-0.05, 0) is 42.8 Å². The zero-order valence-corrected chi connectivity index (χ0v) is 14.5. The van der Waals surface area contributed by atoms with E-state index in [1.165, 1.54) is 0 Å². The molecule has 1 aliphatic carbocycles. The number of likely N-dealkylation sites (N-methyl/N-ethyl adjacent to an activating group) is 1. The van der Waals surface area contributed by atoms with Crippen LogP contribution in [0.2, 0.25) is 0 Å². The minimum atomic E-state index is -0.569. The standard InChI is InChI=1S/C19H22N2O2.ClH/c1-20-11-10-13-6-2-5-9-16(13)19(23)21-18-15-8-4-3-7-14(15)12-17(18)22;/h2-9,17-18,20,22H,10-12H2,1H3,(H,21,23);1H/t17-,18+;/m0./s1. The molecule has 0 radical (unpaired) electrons. The molecule has 3 N–H and O–H groups in total. The van der Waals surface area contributed by atoms with E-state index in [1.54, 1.807) is 0 Å². The fraction of sp³-hybridized carbons (Fsp3) is 0.316. The Hall–Kier alpha value is -1.88. The molecule has 24 heavy (non-hydrogen) atoms. The maximum Gasteiger partial charge on any atom is 0.252 e. The highest BCUT2D eigenvalue weighted by atomic mass is 35.5. The SMILES string of the molecule is CNCCc1ccccc1C(=O)N[C@@H]1c2ccccc2C[C@@H]1O.Cl. The van der Waals surface area contributed by atoms with Crippen LogP contribution in [0.3, 0.4) is 0 Å². The van der Waals surface area contributed by atoms with E-state index in [-0.39, 0.29) is 24.4 Å². The van der Waals surface area contributed by atoms with Gasteiger partial charge in [0.1, 0.15) is 0 Å². The number of benzene rings is 2. The molecule has 0 bridgehead atoms. The smallest absolute Gasteiger partial charge is 0.252 e. The topological polar surface area (TPSA) is 61.4 Å². The lowest BCUT2D eigenvalue weighted by molar-refractivity contribution is 0.0857. The van der Waals surface area contributed by atoms with Gasteiger partial charge in [0.25, 0.3) is 5.91 Å². The minimum absolute atomic E-state index is 0. The number of carbonyl (C=O) groups is 1. The summed E-state index contributed by atoms with van der Waals surface area (Å²) in [4.78, 5) is 12.7. The van der Waals surface area contributed by atoms with Crippen LogP contribution >= 0.6 is 12.4 Å². The maximum atomic E-state index is 12.7. The van der Waals surface area contributed by atoms with Crippen molar-refractivity contribution < 1.29 is 9.90 Å². The summed E-state index contributed by atoms with van der Waals surface area (Å²) < 4.78 is 0. The van der Waals surface area contributed by atoms with E-state index in [0.29, 0.717) is 12.0 Å². The number of aliphatic hydroxyl groups is 1. The Morgan fingerprint density at radius 3 is 2.67 bits per heavy atom. The predicted molar refractivity (Wildman–Crippen MR) is 97.7 cm³/mol. The fourth-order valence-corrected chi connectivity index (χ4v) is 3.19. The van der Waals surface area contributed by atoms with Gasteiger partial charge in [0.15, 0.2) is 0 Å². The van der Waals surface area contributed by atoms with E-state index in [4.69, 9.17) is 0 Å². The van der Waals surface area contributed by atoms with Gasteiger partial charge in [0, 0.05) is 12.0 Å². The first-order chi connectivity index (χ1) is 11.2. The molecule has 0 saturated carbocycles. The zero-order chi connectivity index (χ0) is 16.2. The van der Waals surface area contributed by atoms with Crippen LogP contribution in [-0.4, -0.2) is 30.7 Å². The summed E-state index contributed by atoms with van der Waals surface area (Å²) in [6.07, 6.45) is 0.813. The summed E-state index contributed by atoms with van der Waals surface area (Å²) in [6, 6.07) is 15.2. The van der Waals surface area contributed by atoms with Gasteiger partial charge in [0.2, 0.25) is 0 Å². The lowest BCUT2D eigenvalue weighted by atomic mass is 10.0. The first-order valence-electron chi connectivity index (χ1n) is 8.00.